The molecule has 10 heteroatoms. The van der Waals surface area contributed by atoms with Crippen LogP contribution in [0.25, 0.3) is 21.7 Å². The van der Waals surface area contributed by atoms with Crippen LogP contribution in [0.1, 0.15) is 32.7 Å². The second kappa shape index (κ2) is 8.32. The van der Waals surface area contributed by atoms with E-state index in [1.807, 2.05) is 13.0 Å². The van der Waals surface area contributed by atoms with Crippen molar-refractivity contribution in [2.45, 2.75) is 78.2 Å². The van der Waals surface area contributed by atoms with E-state index in [9.17, 15) is 0 Å². The first-order valence-electron chi connectivity index (χ1n) is 11.1. The Kier molecular flexibility index (Phi) is 6.13. The molecule has 0 bridgehead atoms. The number of rotatable bonds is 7. The molecular formula is C22H33BN4O3SSi. The molecule has 3 aromatic rings. The fourth-order valence-corrected chi connectivity index (χ4v) is 4.93. The van der Waals surface area contributed by atoms with Crippen LogP contribution in [0.2, 0.25) is 25.7 Å². The summed E-state index contributed by atoms with van der Waals surface area (Å²) in [6, 6.07) is 5.19. The van der Waals surface area contributed by atoms with E-state index < -0.39 is 26.4 Å². The highest BCUT2D eigenvalue weighted by Gasteiger charge is 2.52. The van der Waals surface area contributed by atoms with Gasteiger partial charge in [-0.05, 0) is 52.8 Å². The van der Waals surface area contributed by atoms with Gasteiger partial charge in [0, 0.05) is 31.7 Å². The molecule has 0 amide bonds. The lowest BCUT2D eigenvalue weighted by Crippen LogP contribution is -2.41. The van der Waals surface area contributed by atoms with Crippen LogP contribution in [0.5, 0.6) is 0 Å². The van der Waals surface area contributed by atoms with Crippen LogP contribution in [0, 0.1) is 6.92 Å². The van der Waals surface area contributed by atoms with Crippen LogP contribution in [0.15, 0.2) is 18.3 Å². The van der Waals surface area contributed by atoms with Gasteiger partial charge in [0.25, 0.3) is 0 Å². The SMILES string of the molecule is Cc1nnc(-c2ccc3c(B4OC(C)(C)C(C)(C)O4)cn(COCC[Si](C)(C)C)c3n2)s1. The second-order valence-electron chi connectivity index (χ2n) is 10.7. The van der Waals surface area contributed by atoms with Crippen LogP contribution in [0.3, 0.4) is 0 Å². The molecule has 0 unspecified atom stereocenters. The molecule has 1 fully saturated rings. The predicted octanol–water partition coefficient (Wildman–Crippen LogP) is 4.47. The molecule has 7 nitrogen and oxygen atoms in total. The summed E-state index contributed by atoms with van der Waals surface area (Å²) in [6.45, 7) is 18.5. The summed E-state index contributed by atoms with van der Waals surface area (Å²) in [4.78, 5) is 4.94. The van der Waals surface area contributed by atoms with E-state index in [0.717, 1.165) is 44.9 Å². The van der Waals surface area contributed by atoms with Crippen molar-refractivity contribution >= 4 is 43.0 Å². The van der Waals surface area contributed by atoms with Crippen molar-refractivity contribution in [1.82, 2.24) is 19.7 Å². The van der Waals surface area contributed by atoms with Gasteiger partial charge in [-0.3, -0.25) is 0 Å². The number of aromatic nitrogens is 4. The fourth-order valence-electron chi connectivity index (χ4n) is 3.51. The maximum absolute atomic E-state index is 6.34. The molecule has 1 aliphatic rings. The first kappa shape index (κ1) is 23.6. The molecule has 0 aliphatic carbocycles. The predicted molar refractivity (Wildman–Crippen MR) is 133 cm³/mol. The topological polar surface area (TPSA) is 71.3 Å². The normalized spacial score (nSPS) is 18.1. The average molecular weight is 472 g/mol. The van der Waals surface area contributed by atoms with Crippen LogP contribution in [-0.2, 0) is 20.8 Å². The maximum atomic E-state index is 6.34. The monoisotopic (exact) mass is 472 g/mol. The van der Waals surface area contributed by atoms with E-state index in [-0.39, 0.29) is 0 Å². The first-order valence-corrected chi connectivity index (χ1v) is 15.6. The molecule has 4 rings (SSSR count). The molecule has 172 valence electrons. The van der Waals surface area contributed by atoms with Crippen LogP contribution >= 0.6 is 11.3 Å². The second-order valence-corrected chi connectivity index (χ2v) is 17.5. The maximum Gasteiger partial charge on any atom is 0.497 e. The highest BCUT2D eigenvalue weighted by molar-refractivity contribution is 7.14. The molecule has 32 heavy (non-hydrogen) atoms. The molecule has 0 radical (unpaired) electrons. The number of aryl methyl sites for hydroxylation is 1. The molecule has 0 aromatic carbocycles. The lowest BCUT2D eigenvalue weighted by atomic mass is 9.79. The molecule has 3 aromatic heterocycles. The number of ether oxygens (including phenoxy) is 1. The lowest BCUT2D eigenvalue weighted by molar-refractivity contribution is 0.00578. The van der Waals surface area contributed by atoms with E-state index in [2.05, 4.69) is 74.4 Å². The lowest BCUT2D eigenvalue weighted by Gasteiger charge is -2.32. The van der Waals surface area contributed by atoms with Gasteiger partial charge in [-0.15, -0.1) is 10.2 Å². The third-order valence-electron chi connectivity index (χ3n) is 6.23. The zero-order chi connectivity index (χ0) is 23.3. The molecule has 1 saturated heterocycles. The zero-order valence-electron chi connectivity index (χ0n) is 20.4. The molecule has 0 spiro atoms. The standard InChI is InChI=1S/C22H33BN4O3SSi/c1-15-25-26-20(31-15)18-10-9-16-17(23-29-21(2,3)22(4,5)30-23)13-27(19(16)24-18)14-28-11-12-32(6,7)8/h9-10,13H,11-12,14H2,1-8H3. The summed E-state index contributed by atoms with van der Waals surface area (Å²) in [5.74, 6) is 0. The molecular weight excluding hydrogens is 439 g/mol. The van der Waals surface area contributed by atoms with Crippen LogP contribution in [0.4, 0.5) is 0 Å². The Bertz CT molecular complexity index is 1110. The Hall–Kier alpha value is -1.59. The summed E-state index contributed by atoms with van der Waals surface area (Å²) in [5.41, 5.74) is 1.81. The van der Waals surface area contributed by atoms with E-state index in [1.165, 1.54) is 0 Å². The summed E-state index contributed by atoms with van der Waals surface area (Å²) < 4.78 is 20.8. The summed E-state index contributed by atoms with van der Waals surface area (Å²) in [6.07, 6.45) is 2.06. The number of pyridine rings is 1. The molecule has 0 atom stereocenters. The molecule has 0 N–H and O–H groups in total. The van der Waals surface area contributed by atoms with Gasteiger partial charge in [0.15, 0.2) is 5.01 Å². The molecule has 0 saturated carbocycles. The Labute approximate surface area is 195 Å². The van der Waals surface area contributed by atoms with Gasteiger partial charge >= 0.3 is 7.12 Å². The van der Waals surface area contributed by atoms with Crippen molar-refractivity contribution in [3.05, 3.63) is 23.3 Å². The summed E-state index contributed by atoms with van der Waals surface area (Å²) in [7, 11) is -1.61. The van der Waals surface area contributed by atoms with Gasteiger partial charge < -0.3 is 18.6 Å². The minimum atomic E-state index is -1.15. The van der Waals surface area contributed by atoms with Gasteiger partial charge in [0.05, 0.1) is 11.2 Å². The minimum absolute atomic E-state index is 0.405. The summed E-state index contributed by atoms with van der Waals surface area (Å²) >= 11 is 1.54. The van der Waals surface area contributed by atoms with Gasteiger partial charge in [0.1, 0.15) is 23.1 Å². The van der Waals surface area contributed by atoms with Crippen LogP contribution < -0.4 is 5.46 Å². The quantitative estimate of drug-likeness (QED) is 0.373. The van der Waals surface area contributed by atoms with Crippen molar-refractivity contribution in [3.8, 4) is 10.7 Å². The fraction of sp³-hybridized carbons (Fsp3) is 0.591. The van der Waals surface area contributed by atoms with Gasteiger partial charge in [-0.25, -0.2) is 4.98 Å². The van der Waals surface area contributed by atoms with Gasteiger partial charge in [0.2, 0.25) is 0 Å². The van der Waals surface area contributed by atoms with E-state index in [4.69, 9.17) is 19.0 Å². The van der Waals surface area contributed by atoms with Gasteiger partial charge in [-0.1, -0.05) is 31.0 Å². The highest BCUT2D eigenvalue weighted by Crippen LogP contribution is 2.37. The number of nitrogens with zero attached hydrogens (tertiary/aromatic N) is 4. The van der Waals surface area contributed by atoms with Crippen molar-refractivity contribution in [2.75, 3.05) is 6.61 Å². The largest absolute Gasteiger partial charge is 0.497 e. The van der Waals surface area contributed by atoms with Crippen molar-refractivity contribution in [2.24, 2.45) is 0 Å². The van der Waals surface area contributed by atoms with Crippen molar-refractivity contribution < 1.29 is 14.0 Å². The van der Waals surface area contributed by atoms with E-state index in [0.29, 0.717) is 6.73 Å². The Morgan fingerprint density at radius 2 is 1.78 bits per heavy atom. The zero-order valence-corrected chi connectivity index (χ0v) is 22.2. The summed E-state index contributed by atoms with van der Waals surface area (Å²) in [5, 5.41) is 11.1. The Morgan fingerprint density at radius 1 is 1.09 bits per heavy atom. The molecule has 1 aliphatic heterocycles. The van der Waals surface area contributed by atoms with Crippen molar-refractivity contribution in [3.63, 3.8) is 0 Å². The number of fused-ring (bicyclic) bond motifs is 1. The third-order valence-corrected chi connectivity index (χ3v) is 8.80. The smallest absolute Gasteiger partial charge is 0.399 e. The minimum Gasteiger partial charge on any atom is -0.399 e. The third kappa shape index (κ3) is 4.70. The Morgan fingerprint density at radius 3 is 2.38 bits per heavy atom. The molecule has 4 heterocycles. The number of hydrogen-bond acceptors (Lipinski definition) is 7. The van der Waals surface area contributed by atoms with Crippen molar-refractivity contribution in [1.29, 1.82) is 0 Å². The highest BCUT2D eigenvalue weighted by atomic mass is 32.1. The first-order chi connectivity index (χ1) is 14.9. The van der Waals surface area contributed by atoms with E-state index in [1.54, 1.807) is 11.3 Å². The average Bonchev–Trinajstić information content (AvgIpc) is 3.32. The van der Waals surface area contributed by atoms with E-state index >= 15 is 0 Å². The number of hydrogen-bond donors (Lipinski definition) is 0. The van der Waals surface area contributed by atoms with Crippen LogP contribution in [-0.4, -0.2) is 52.7 Å². The van der Waals surface area contributed by atoms with Gasteiger partial charge in [-0.2, -0.15) is 0 Å². The Balaban J connectivity index is 1.69.